The van der Waals surface area contributed by atoms with Gasteiger partial charge in [0, 0.05) is 11.3 Å². The molecule has 0 spiro atoms. The van der Waals surface area contributed by atoms with Gasteiger partial charge in [-0.05, 0) is 80.8 Å². The predicted octanol–water partition coefficient (Wildman–Crippen LogP) is 5.39. The van der Waals surface area contributed by atoms with Gasteiger partial charge in [-0.1, -0.05) is 24.3 Å². The number of carbonyl (C=O) groups excluding carboxylic acids is 1. The molecule has 0 saturated carbocycles. The Labute approximate surface area is 210 Å². The summed E-state index contributed by atoms with van der Waals surface area (Å²) in [5.41, 5.74) is -3.78. The van der Waals surface area contributed by atoms with Crippen LogP contribution in [-0.2, 0) is 28.9 Å². The lowest BCUT2D eigenvalue weighted by Gasteiger charge is -2.24. The molecule has 36 heavy (non-hydrogen) atoms. The summed E-state index contributed by atoms with van der Waals surface area (Å²) in [6.45, 7) is 5.41. The van der Waals surface area contributed by atoms with Crippen molar-refractivity contribution in [2.75, 3.05) is 6.61 Å². The zero-order valence-corrected chi connectivity index (χ0v) is 20.9. The number of hydrogen-bond donors (Lipinski definition) is 0. The number of nitrogens with zero attached hydrogens (tertiary/aromatic N) is 2. The average molecular weight is 525 g/mol. The first-order chi connectivity index (χ1) is 16.9. The Kier molecular flexibility index (Phi) is 8.89. The molecule has 1 heterocycles. The van der Waals surface area contributed by atoms with Crippen LogP contribution in [0, 0.1) is 0 Å². The Hall–Kier alpha value is -3.21. The third-order valence-corrected chi connectivity index (χ3v) is 5.80. The number of aryl methyl sites for hydroxylation is 2. The van der Waals surface area contributed by atoms with Gasteiger partial charge in [-0.15, -0.1) is 5.10 Å². The molecule has 3 aromatic rings. The number of ether oxygens (including phenoxy) is 2. The second-order valence-corrected chi connectivity index (χ2v) is 9.58. The van der Waals surface area contributed by atoms with E-state index in [-0.39, 0.29) is 29.8 Å². The lowest BCUT2D eigenvalue weighted by atomic mass is 10.1. The second kappa shape index (κ2) is 11.7. The van der Waals surface area contributed by atoms with Gasteiger partial charge in [-0.25, -0.2) is 9.59 Å². The monoisotopic (exact) mass is 524 g/mol. The number of esters is 1. The molecule has 0 amide bonds. The molecule has 0 radical (unpaired) electrons. The molecule has 0 fully saturated rings. The van der Waals surface area contributed by atoms with Gasteiger partial charge in [0.05, 0.1) is 13.2 Å². The molecular weight excluding hydrogens is 497 g/mol. The maximum atomic E-state index is 12.5. The van der Waals surface area contributed by atoms with Crippen LogP contribution in [0.25, 0.3) is 0 Å². The van der Waals surface area contributed by atoms with Gasteiger partial charge in [-0.2, -0.15) is 17.9 Å². The summed E-state index contributed by atoms with van der Waals surface area (Å²) >= 11 is -0.192. The van der Waals surface area contributed by atoms with Gasteiger partial charge in [0.2, 0.25) is 5.89 Å². The molecule has 7 nitrogen and oxygen atoms in total. The first-order valence-corrected chi connectivity index (χ1v) is 12.1. The van der Waals surface area contributed by atoms with Crippen molar-refractivity contribution in [1.82, 2.24) is 9.78 Å². The molecular formula is C25H27F3N2O5S. The highest BCUT2D eigenvalue weighted by Crippen LogP contribution is 2.36. The molecule has 0 aliphatic carbocycles. The van der Waals surface area contributed by atoms with Crippen LogP contribution in [0.3, 0.4) is 0 Å². The number of thioether (sulfide) groups is 1. The first kappa shape index (κ1) is 27.4. The van der Waals surface area contributed by atoms with Crippen molar-refractivity contribution < 1.29 is 31.9 Å². The maximum absolute atomic E-state index is 12.5. The molecule has 0 N–H and O–H groups in total. The summed E-state index contributed by atoms with van der Waals surface area (Å²) in [7, 11) is 0. The minimum Gasteiger partial charge on any atom is -0.476 e. The average Bonchev–Trinajstić information content (AvgIpc) is 3.14. The second-order valence-electron chi connectivity index (χ2n) is 8.44. The fourth-order valence-corrected chi connectivity index (χ4v) is 3.87. The molecule has 0 saturated heterocycles. The summed E-state index contributed by atoms with van der Waals surface area (Å²) in [5.74, 6) is -0.219. The predicted molar refractivity (Wildman–Crippen MR) is 128 cm³/mol. The third kappa shape index (κ3) is 8.18. The Balaban J connectivity index is 1.50. The van der Waals surface area contributed by atoms with Gasteiger partial charge in [0.15, 0.2) is 5.60 Å². The van der Waals surface area contributed by atoms with Crippen molar-refractivity contribution in [3.63, 3.8) is 0 Å². The van der Waals surface area contributed by atoms with Gasteiger partial charge >= 0.3 is 17.2 Å². The van der Waals surface area contributed by atoms with E-state index in [1.54, 1.807) is 32.9 Å². The van der Waals surface area contributed by atoms with Crippen LogP contribution in [0.15, 0.2) is 62.6 Å². The van der Waals surface area contributed by atoms with Crippen LogP contribution < -0.4 is 10.5 Å². The number of aromatic nitrogens is 2. The molecule has 0 unspecified atom stereocenters. The van der Waals surface area contributed by atoms with Crippen molar-refractivity contribution in [2.24, 2.45) is 0 Å². The number of halogens is 3. The highest BCUT2D eigenvalue weighted by molar-refractivity contribution is 8.00. The lowest BCUT2D eigenvalue weighted by molar-refractivity contribution is -0.158. The van der Waals surface area contributed by atoms with E-state index in [1.807, 2.05) is 12.1 Å². The zero-order valence-electron chi connectivity index (χ0n) is 20.1. The molecule has 0 atom stereocenters. The SMILES string of the molecule is CCOC(=O)C(C)(C)Oc1ccc(CCCc2nn(Cc3ccc(SC(F)(F)F)cc3)c(=O)o2)cc1. The van der Waals surface area contributed by atoms with Crippen molar-refractivity contribution >= 4 is 17.7 Å². The summed E-state index contributed by atoms with van der Waals surface area (Å²) in [5, 5.41) is 4.19. The molecule has 0 bridgehead atoms. The van der Waals surface area contributed by atoms with Crippen LogP contribution in [0.1, 0.15) is 44.2 Å². The van der Waals surface area contributed by atoms with Gasteiger partial charge in [0.25, 0.3) is 0 Å². The van der Waals surface area contributed by atoms with E-state index < -0.39 is 22.8 Å². The Morgan fingerprint density at radius 1 is 1.03 bits per heavy atom. The van der Waals surface area contributed by atoms with E-state index in [1.165, 1.54) is 24.3 Å². The van der Waals surface area contributed by atoms with Gasteiger partial charge < -0.3 is 13.9 Å². The van der Waals surface area contributed by atoms with Crippen LogP contribution in [-0.4, -0.2) is 33.5 Å². The van der Waals surface area contributed by atoms with Crippen molar-refractivity contribution in [3.05, 3.63) is 76.1 Å². The number of benzene rings is 2. The minimum absolute atomic E-state index is 0.0711. The zero-order chi connectivity index (χ0) is 26.3. The fraction of sp³-hybridized carbons (Fsp3) is 0.400. The normalized spacial score (nSPS) is 11.9. The molecule has 194 valence electrons. The fourth-order valence-electron chi connectivity index (χ4n) is 3.33. The van der Waals surface area contributed by atoms with E-state index in [4.69, 9.17) is 13.9 Å². The van der Waals surface area contributed by atoms with Gasteiger partial charge in [0.1, 0.15) is 5.75 Å². The Morgan fingerprint density at radius 2 is 1.67 bits per heavy atom. The molecule has 11 heteroatoms. The highest BCUT2D eigenvalue weighted by Gasteiger charge is 2.31. The number of carbonyl (C=O) groups is 1. The van der Waals surface area contributed by atoms with Crippen molar-refractivity contribution in [3.8, 4) is 5.75 Å². The molecule has 0 aliphatic heterocycles. The molecule has 0 aliphatic rings. The van der Waals surface area contributed by atoms with E-state index in [2.05, 4.69) is 5.10 Å². The van der Waals surface area contributed by atoms with Crippen LogP contribution >= 0.6 is 11.8 Å². The van der Waals surface area contributed by atoms with Crippen molar-refractivity contribution in [1.29, 1.82) is 0 Å². The standard InChI is InChI=1S/C25H27F3N2O5S/c1-4-33-22(31)24(2,3)35-19-12-8-17(9-13-19)6-5-7-21-29-30(23(32)34-21)16-18-10-14-20(15-11-18)36-25(26,27)28/h8-15H,4-7,16H2,1-3H3. The Bertz CT molecular complexity index is 1200. The third-order valence-electron chi connectivity index (χ3n) is 5.06. The largest absolute Gasteiger partial charge is 0.476 e. The first-order valence-electron chi connectivity index (χ1n) is 11.3. The summed E-state index contributed by atoms with van der Waals surface area (Å²) in [4.78, 5) is 24.2. The van der Waals surface area contributed by atoms with Crippen LogP contribution in [0.4, 0.5) is 13.2 Å². The molecule has 1 aromatic heterocycles. The van der Waals surface area contributed by atoms with E-state index in [0.717, 1.165) is 10.2 Å². The van der Waals surface area contributed by atoms with Crippen LogP contribution in [0.5, 0.6) is 5.75 Å². The van der Waals surface area contributed by atoms with E-state index in [0.29, 0.717) is 36.5 Å². The van der Waals surface area contributed by atoms with Gasteiger partial charge in [-0.3, -0.25) is 0 Å². The van der Waals surface area contributed by atoms with Crippen LogP contribution in [0.2, 0.25) is 0 Å². The smallest absolute Gasteiger partial charge is 0.446 e. The lowest BCUT2D eigenvalue weighted by Crippen LogP contribution is -2.39. The topological polar surface area (TPSA) is 83.6 Å². The Morgan fingerprint density at radius 3 is 2.28 bits per heavy atom. The summed E-state index contributed by atoms with van der Waals surface area (Å²) in [6.07, 6.45) is 1.83. The number of rotatable bonds is 11. The number of alkyl halides is 3. The maximum Gasteiger partial charge on any atom is 0.446 e. The quantitative estimate of drug-likeness (QED) is 0.246. The van der Waals surface area contributed by atoms with Crippen molar-refractivity contribution in [2.45, 2.75) is 62.6 Å². The summed E-state index contributed by atoms with van der Waals surface area (Å²) in [6, 6.07) is 13.1. The van der Waals surface area contributed by atoms with E-state index >= 15 is 0 Å². The number of hydrogen-bond acceptors (Lipinski definition) is 7. The molecule has 3 rings (SSSR count). The minimum atomic E-state index is -4.35. The summed E-state index contributed by atoms with van der Waals surface area (Å²) < 4.78 is 54.5. The van der Waals surface area contributed by atoms with E-state index in [9.17, 15) is 22.8 Å². The highest BCUT2D eigenvalue weighted by atomic mass is 32.2. The molecule has 2 aromatic carbocycles.